The summed E-state index contributed by atoms with van der Waals surface area (Å²) in [6, 6.07) is 10.5. The fourth-order valence-electron chi connectivity index (χ4n) is 3.78. The summed E-state index contributed by atoms with van der Waals surface area (Å²) >= 11 is 0. The van der Waals surface area contributed by atoms with Crippen molar-refractivity contribution in [3.8, 4) is 5.69 Å². The van der Waals surface area contributed by atoms with Gasteiger partial charge in [-0.15, -0.1) is 10.2 Å². The van der Waals surface area contributed by atoms with Crippen LogP contribution in [0.25, 0.3) is 5.69 Å². The lowest BCUT2D eigenvalue weighted by molar-refractivity contribution is -0.141. The summed E-state index contributed by atoms with van der Waals surface area (Å²) in [5.74, 6) is 0.350. The number of benzene rings is 1. The van der Waals surface area contributed by atoms with Crippen molar-refractivity contribution in [1.29, 1.82) is 0 Å². The summed E-state index contributed by atoms with van der Waals surface area (Å²) in [6.45, 7) is 3.76. The lowest BCUT2D eigenvalue weighted by Crippen LogP contribution is -2.49. The highest BCUT2D eigenvalue weighted by molar-refractivity contribution is 5.39. The zero-order chi connectivity index (χ0) is 21.1. The van der Waals surface area contributed by atoms with E-state index in [0.29, 0.717) is 5.82 Å². The summed E-state index contributed by atoms with van der Waals surface area (Å²) in [5, 5.41) is 18.7. The van der Waals surface area contributed by atoms with Crippen molar-refractivity contribution in [3.05, 3.63) is 60.0 Å². The third-order valence-corrected chi connectivity index (χ3v) is 5.41. The maximum atomic E-state index is 12.7. The lowest BCUT2D eigenvalue weighted by atomic mass is 9.96. The molecule has 0 spiro atoms. The largest absolute Gasteiger partial charge is 0.435 e. The van der Waals surface area contributed by atoms with Crippen LogP contribution in [0, 0.1) is 0 Å². The zero-order valence-corrected chi connectivity index (χ0v) is 16.4. The fourth-order valence-corrected chi connectivity index (χ4v) is 3.78. The zero-order valence-electron chi connectivity index (χ0n) is 16.4. The molecule has 4 rings (SSSR count). The molecule has 7 nitrogen and oxygen atoms in total. The van der Waals surface area contributed by atoms with E-state index in [1.807, 2.05) is 18.2 Å². The van der Waals surface area contributed by atoms with Gasteiger partial charge in [0.1, 0.15) is 5.82 Å². The van der Waals surface area contributed by atoms with Gasteiger partial charge >= 0.3 is 6.18 Å². The Morgan fingerprint density at radius 1 is 1.07 bits per heavy atom. The van der Waals surface area contributed by atoms with Crippen LogP contribution in [-0.4, -0.2) is 48.7 Å². The molecule has 0 amide bonds. The lowest BCUT2D eigenvalue weighted by Gasteiger charge is -2.40. The van der Waals surface area contributed by atoms with E-state index >= 15 is 0 Å². The maximum absolute atomic E-state index is 12.7. The summed E-state index contributed by atoms with van der Waals surface area (Å²) < 4.78 is 38.1. The van der Waals surface area contributed by atoms with Gasteiger partial charge in [-0.1, -0.05) is 18.2 Å². The van der Waals surface area contributed by atoms with Crippen LogP contribution in [-0.2, 0) is 12.7 Å². The van der Waals surface area contributed by atoms with Crippen molar-refractivity contribution in [3.63, 3.8) is 0 Å². The van der Waals surface area contributed by atoms with Crippen LogP contribution >= 0.6 is 0 Å². The number of hydrogen-bond donors (Lipinski definition) is 1. The van der Waals surface area contributed by atoms with Gasteiger partial charge in [0.2, 0.25) is 0 Å². The van der Waals surface area contributed by atoms with Crippen molar-refractivity contribution >= 4 is 5.82 Å². The molecule has 30 heavy (non-hydrogen) atoms. The number of alkyl halides is 3. The Bertz CT molecular complexity index is 957. The molecule has 0 aliphatic carbocycles. The van der Waals surface area contributed by atoms with Crippen molar-refractivity contribution in [2.75, 3.05) is 11.9 Å². The van der Waals surface area contributed by atoms with Crippen LogP contribution in [0.5, 0.6) is 0 Å². The number of nitrogens with zero attached hydrogens (tertiary/aromatic N) is 6. The van der Waals surface area contributed by atoms with E-state index in [9.17, 15) is 13.2 Å². The van der Waals surface area contributed by atoms with Crippen LogP contribution in [0.1, 0.15) is 31.0 Å². The molecule has 1 saturated heterocycles. The average molecular weight is 417 g/mol. The first-order valence-electron chi connectivity index (χ1n) is 9.78. The molecule has 2 atom stereocenters. The van der Waals surface area contributed by atoms with Crippen LogP contribution in [0.15, 0.2) is 48.8 Å². The average Bonchev–Trinajstić information content (AvgIpc) is 3.26. The van der Waals surface area contributed by atoms with Crippen molar-refractivity contribution in [2.24, 2.45) is 0 Å². The molecule has 3 aromatic rings. The van der Waals surface area contributed by atoms with Crippen molar-refractivity contribution < 1.29 is 13.2 Å². The third-order valence-electron chi connectivity index (χ3n) is 5.41. The first kappa shape index (κ1) is 20.3. The Kier molecular flexibility index (Phi) is 5.67. The molecule has 1 N–H and O–H groups in total. The smallest absolute Gasteiger partial charge is 0.364 e. The van der Waals surface area contributed by atoms with Gasteiger partial charge in [-0.05, 0) is 50.1 Å². The summed E-state index contributed by atoms with van der Waals surface area (Å²) in [7, 11) is 0. The summed E-state index contributed by atoms with van der Waals surface area (Å²) in [5.41, 5.74) is 1.05. The van der Waals surface area contributed by atoms with E-state index in [1.165, 1.54) is 6.07 Å². The van der Waals surface area contributed by atoms with Gasteiger partial charge in [0.25, 0.3) is 0 Å². The van der Waals surface area contributed by atoms with Crippen LogP contribution in [0.3, 0.4) is 0 Å². The normalized spacial score (nSPS) is 20.3. The molecule has 1 aliphatic heterocycles. The predicted octanol–water partition coefficient (Wildman–Crippen LogP) is 3.54. The number of piperidine rings is 1. The monoisotopic (exact) mass is 417 g/mol. The molecule has 0 saturated carbocycles. The first-order valence-corrected chi connectivity index (χ1v) is 9.78. The second-order valence-electron chi connectivity index (χ2n) is 7.35. The van der Waals surface area contributed by atoms with Crippen molar-refractivity contribution in [2.45, 2.75) is 44.6 Å². The number of nitrogens with one attached hydrogen (secondary N) is 1. The maximum Gasteiger partial charge on any atom is 0.435 e. The Hall–Kier alpha value is -3.01. The van der Waals surface area contributed by atoms with Gasteiger partial charge in [0.05, 0.1) is 18.1 Å². The number of anilines is 1. The second-order valence-corrected chi connectivity index (χ2v) is 7.35. The summed E-state index contributed by atoms with van der Waals surface area (Å²) in [6.07, 6.45) is 0.676. The van der Waals surface area contributed by atoms with Gasteiger partial charge in [0.15, 0.2) is 5.69 Å². The van der Waals surface area contributed by atoms with E-state index < -0.39 is 11.9 Å². The van der Waals surface area contributed by atoms with Gasteiger partial charge in [-0.25, -0.2) is 0 Å². The Morgan fingerprint density at radius 2 is 1.83 bits per heavy atom. The minimum absolute atomic E-state index is 0.0553. The van der Waals surface area contributed by atoms with E-state index in [0.717, 1.165) is 43.2 Å². The number of para-hydroxylation sites is 1. The van der Waals surface area contributed by atoms with E-state index in [1.54, 1.807) is 17.2 Å². The number of rotatable bonds is 5. The predicted molar refractivity (Wildman–Crippen MR) is 105 cm³/mol. The van der Waals surface area contributed by atoms with E-state index in [4.69, 9.17) is 0 Å². The molecule has 1 aliphatic rings. The molecule has 1 fully saturated rings. The standard InChI is InChI=1S/C20H22F3N7/c1-14-16(26-19-9-8-18(27-28-19)20(21,22)23)6-4-12-29(14)13-15-5-2-3-7-17(15)30-24-10-11-25-30/h2-3,5,7-11,14,16H,4,6,12-13H2,1H3,(H,26,28). The minimum Gasteiger partial charge on any atom is -0.364 e. The molecular formula is C20H22F3N7. The summed E-state index contributed by atoms with van der Waals surface area (Å²) in [4.78, 5) is 3.96. The van der Waals surface area contributed by atoms with Crippen LogP contribution in [0.4, 0.5) is 19.0 Å². The molecule has 0 radical (unpaired) electrons. The highest BCUT2D eigenvalue weighted by Crippen LogP contribution is 2.28. The fraction of sp³-hybridized carbons (Fsp3) is 0.400. The van der Waals surface area contributed by atoms with Crippen LogP contribution in [0.2, 0.25) is 0 Å². The van der Waals surface area contributed by atoms with Crippen molar-refractivity contribution in [1.82, 2.24) is 30.1 Å². The molecule has 2 unspecified atom stereocenters. The highest BCUT2D eigenvalue weighted by Gasteiger charge is 2.33. The minimum atomic E-state index is -4.49. The SMILES string of the molecule is CC1C(Nc2ccc(C(F)(F)F)nn2)CCCN1Cc1ccccc1-n1nccn1. The van der Waals surface area contributed by atoms with E-state index in [2.05, 4.69) is 43.6 Å². The quantitative estimate of drug-likeness (QED) is 0.685. The highest BCUT2D eigenvalue weighted by atomic mass is 19.4. The molecule has 10 heteroatoms. The Balaban J connectivity index is 1.46. The van der Waals surface area contributed by atoms with Gasteiger partial charge in [0, 0.05) is 18.6 Å². The Labute approximate surface area is 171 Å². The third kappa shape index (κ3) is 4.43. The molecular weight excluding hydrogens is 395 g/mol. The number of hydrogen-bond acceptors (Lipinski definition) is 6. The topological polar surface area (TPSA) is 71.8 Å². The molecule has 158 valence electrons. The number of likely N-dealkylation sites (tertiary alicyclic amines) is 1. The second kappa shape index (κ2) is 8.39. The van der Waals surface area contributed by atoms with Gasteiger partial charge < -0.3 is 5.32 Å². The van der Waals surface area contributed by atoms with Crippen LogP contribution < -0.4 is 5.32 Å². The number of aromatic nitrogens is 5. The molecule has 1 aromatic carbocycles. The molecule has 3 heterocycles. The molecule has 0 bridgehead atoms. The van der Waals surface area contributed by atoms with E-state index in [-0.39, 0.29) is 12.1 Å². The van der Waals surface area contributed by atoms with Gasteiger partial charge in [-0.3, -0.25) is 4.90 Å². The number of halogens is 3. The first-order chi connectivity index (χ1) is 14.4. The molecule has 2 aromatic heterocycles. The Morgan fingerprint density at radius 3 is 2.53 bits per heavy atom. The van der Waals surface area contributed by atoms with Gasteiger partial charge in [-0.2, -0.15) is 28.2 Å².